The van der Waals surface area contributed by atoms with E-state index in [-0.39, 0.29) is 36.1 Å². The van der Waals surface area contributed by atoms with Crippen LogP contribution < -0.4 is 10.9 Å². The first-order valence-corrected chi connectivity index (χ1v) is 10.3. The third-order valence-electron chi connectivity index (χ3n) is 5.48. The van der Waals surface area contributed by atoms with Gasteiger partial charge in [0, 0.05) is 18.0 Å². The Bertz CT molecular complexity index is 956. The average Bonchev–Trinajstić information content (AvgIpc) is 2.62. The maximum Gasteiger partial charge on any atom is 0.275 e. The Morgan fingerprint density at radius 3 is 2.62 bits per heavy atom. The Morgan fingerprint density at radius 2 is 2.03 bits per heavy atom. The first kappa shape index (κ1) is 21.5. The van der Waals surface area contributed by atoms with Gasteiger partial charge in [0.1, 0.15) is 6.54 Å². The second-order valence-corrected chi connectivity index (χ2v) is 8.57. The second-order valence-electron chi connectivity index (χ2n) is 8.57. The first-order valence-electron chi connectivity index (χ1n) is 10.3. The molecule has 29 heavy (non-hydrogen) atoms. The van der Waals surface area contributed by atoms with Crippen molar-refractivity contribution in [2.45, 2.75) is 77.7 Å². The lowest BCUT2D eigenvalue weighted by molar-refractivity contribution is -0.125. The van der Waals surface area contributed by atoms with Crippen LogP contribution in [0.5, 0.6) is 0 Å². The van der Waals surface area contributed by atoms with Gasteiger partial charge in [-0.15, -0.1) is 0 Å². The van der Waals surface area contributed by atoms with Crippen LogP contribution >= 0.6 is 0 Å². The van der Waals surface area contributed by atoms with Crippen molar-refractivity contribution < 1.29 is 14.6 Å². The van der Waals surface area contributed by atoms with E-state index in [1.165, 1.54) is 4.68 Å². The highest BCUT2D eigenvalue weighted by atomic mass is 16.5. The minimum Gasteiger partial charge on any atom is -0.390 e. The molecule has 1 aliphatic rings. The molecule has 1 amide bonds. The number of hydrogen-bond donors (Lipinski definition) is 2. The fraction of sp³-hybridized carbons (Fsp3) is 0.591. The fourth-order valence-corrected chi connectivity index (χ4v) is 3.97. The van der Waals surface area contributed by atoms with Gasteiger partial charge in [-0.2, -0.15) is 5.10 Å². The van der Waals surface area contributed by atoms with Gasteiger partial charge < -0.3 is 15.2 Å². The predicted molar refractivity (Wildman–Crippen MR) is 112 cm³/mol. The lowest BCUT2D eigenvalue weighted by Crippen LogP contribution is -2.54. The molecule has 1 saturated carbocycles. The van der Waals surface area contributed by atoms with Crippen LogP contribution in [-0.2, 0) is 16.1 Å². The molecule has 0 bridgehead atoms. The monoisotopic (exact) mass is 401 g/mol. The average molecular weight is 402 g/mol. The molecule has 1 fully saturated rings. The molecule has 7 nitrogen and oxygen atoms in total. The molecule has 0 spiro atoms. The number of aliphatic hydroxyl groups is 1. The van der Waals surface area contributed by atoms with Gasteiger partial charge in [-0.1, -0.05) is 19.9 Å². The van der Waals surface area contributed by atoms with E-state index in [0.717, 1.165) is 16.6 Å². The number of ether oxygens (including phenoxy) is 1. The molecule has 0 saturated heterocycles. The molecule has 7 heteroatoms. The number of rotatable bonds is 7. The van der Waals surface area contributed by atoms with Crippen molar-refractivity contribution in [1.82, 2.24) is 15.1 Å². The number of hydrogen-bond acceptors (Lipinski definition) is 5. The third-order valence-corrected chi connectivity index (χ3v) is 5.48. The van der Waals surface area contributed by atoms with Gasteiger partial charge >= 0.3 is 0 Å². The van der Waals surface area contributed by atoms with E-state index in [1.807, 2.05) is 39.8 Å². The molecule has 2 aromatic rings. The Kier molecular flexibility index (Phi) is 6.10. The second kappa shape index (κ2) is 8.24. The van der Waals surface area contributed by atoms with E-state index in [9.17, 15) is 14.7 Å². The maximum atomic E-state index is 13.0. The van der Waals surface area contributed by atoms with E-state index in [2.05, 4.69) is 10.4 Å². The van der Waals surface area contributed by atoms with Crippen LogP contribution in [0.4, 0.5) is 0 Å². The molecule has 2 N–H and O–H groups in total. The predicted octanol–water partition coefficient (Wildman–Crippen LogP) is 2.65. The first-order chi connectivity index (χ1) is 13.6. The van der Waals surface area contributed by atoms with Crippen molar-refractivity contribution in [1.29, 1.82) is 0 Å². The molecule has 1 aromatic carbocycles. The Morgan fingerprint density at radius 1 is 1.34 bits per heavy atom. The van der Waals surface area contributed by atoms with Crippen molar-refractivity contribution >= 4 is 16.7 Å². The number of aromatic nitrogens is 2. The highest BCUT2D eigenvalue weighted by Crippen LogP contribution is 2.31. The molecule has 1 aliphatic carbocycles. The molecular formula is C22H31N3O4. The van der Waals surface area contributed by atoms with Crippen molar-refractivity contribution in [3.05, 3.63) is 39.8 Å². The number of carbonyl (C=O) groups excluding carboxylic acids is 1. The summed E-state index contributed by atoms with van der Waals surface area (Å²) in [6.07, 6.45) is 0.977. The molecule has 0 aliphatic heterocycles. The quantitative estimate of drug-likeness (QED) is 0.744. The van der Waals surface area contributed by atoms with Crippen LogP contribution in [-0.4, -0.2) is 39.0 Å². The number of benzene rings is 1. The van der Waals surface area contributed by atoms with Crippen molar-refractivity contribution in [3.63, 3.8) is 0 Å². The van der Waals surface area contributed by atoms with Crippen LogP contribution in [0.1, 0.15) is 70.7 Å². The Hall–Kier alpha value is -2.25. The van der Waals surface area contributed by atoms with Gasteiger partial charge in [-0.25, -0.2) is 4.68 Å². The number of nitrogens with one attached hydrogen (secondary N) is 1. The van der Waals surface area contributed by atoms with Gasteiger partial charge in [-0.3, -0.25) is 9.59 Å². The summed E-state index contributed by atoms with van der Waals surface area (Å²) in [7, 11) is 0. The number of fused-ring (bicyclic) bond motifs is 1. The Balaban J connectivity index is 1.90. The summed E-state index contributed by atoms with van der Waals surface area (Å²) in [5, 5.41) is 18.6. The van der Waals surface area contributed by atoms with Crippen LogP contribution in [0.2, 0.25) is 0 Å². The number of carbonyl (C=O) groups is 1. The third kappa shape index (κ3) is 4.67. The highest BCUT2D eigenvalue weighted by molar-refractivity contribution is 5.85. The minimum absolute atomic E-state index is 0.0548. The summed E-state index contributed by atoms with van der Waals surface area (Å²) in [6.45, 7) is 10.2. The minimum atomic E-state index is -0.711. The van der Waals surface area contributed by atoms with Crippen LogP contribution in [0, 0.1) is 0 Å². The van der Waals surface area contributed by atoms with Gasteiger partial charge in [0.2, 0.25) is 5.91 Å². The molecule has 1 unspecified atom stereocenters. The van der Waals surface area contributed by atoms with Gasteiger partial charge in [0.25, 0.3) is 5.56 Å². The van der Waals surface area contributed by atoms with E-state index >= 15 is 0 Å². The van der Waals surface area contributed by atoms with Crippen LogP contribution in [0.15, 0.2) is 23.0 Å². The summed E-state index contributed by atoms with van der Waals surface area (Å²) < 4.78 is 6.92. The topological polar surface area (TPSA) is 93.5 Å². The smallest absolute Gasteiger partial charge is 0.275 e. The fourth-order valence-electron chi connectivity index (χ4n) is 3.97. The summed E-state index contributed by atoms with van der Waals surface area (Å²) in [5.74, 6) is -0.178. The molecule has 0 radical (unpaired) electrons. The van der Waals surface area contributed by atoms with Crippen LogP contribution in [0.25, 0.3) is 10.8 Å². The molecule has 1 heterocycles. The van der Waals surface area contributed by atoms with E-state index in [0.29, 0.717) is 24.8 Å². The van der Waals surface area contributed by atoms with Gasteiger partial charge in [0.15, 0.2) is 0 Å². The summed E-state index contributed by atoms with van der Waals surface area (Å²) >= 11 is 0. The highest BCUT2D eigenvalue weighted by Gasteiger charge is 2.39. The standard InChI is InChI=1S/C22H31N3O4/c1-6-29-14(4)15-7-8-17-18(9-15)20(13(2)3)24-25(21(17)27)12-19(26)23-16-10-22(5,28)11-16/h7-9,13-14,16,28H,6,10-12H2,1-5H3,(H,23,26). The zero-order chi connectivity index (χ0) is 21.3. The normalized spacial score (nSPS) is 22.5. The van der Waals surface area contributed by atoms with Crippen molar-refractivity contribution in [2.24, 2.45) is 0 Å². The number of nitrogens with zero attached hydrogens (tertiary/aromatic N) is 2. The zero-order valence-electron chi connectivity index (χ0n) is 17.9. The molecular weight excluding hydrogens is 370 g/mol. The van der Waals surface area contributed by atoms with Crippen molar-refractivity contribution in [3.8, 4) is 0 Å². The zero-order valence-corrected chi connectivity index (χ0v) is 17.9. The van der Waals surface area contributed by atoms with E-state index in [1.54, 1.807) is 13.0 Å². The molecule has 1 aromatic heterocycles. The number of amides is 1. The lowest BCUT2D eigenvalue weighted by Gasteiger charge is -2.41. The van der Waals surface area contributed by atoms with Crippen LogP contribution in [0.3, 0.4) is 0 Å². The molecule has 158 valence electrons. The summed E-state index contributed by atoms with van der Waals surface area (Å²) in [6, 6.07) is 5.61. The SMILES string of the molecule is CCOC(C)c1ccc2c(=O)n(CC(=O)NC3CC(C)(O)C3)nc(C(C)C)c2c1. The van der Waals surface area contributed by atoms with Crippen molar-refractivity contribution in [2.75, 3.05) is 6.61 Å². The largest absolute Gasteiger partial charge is 0.390 e. The summed E-state index contributed by atoms with van der Waals surface area (Å²) in [4.78, 5) is 25.4. The van der Waals surface area contributed by atoms with Gasteiger partial charge in [0.05, 0.1) is 22.8 Å². The molecule has 1 atom stereocenters. The summed E-state index contributed by atoms with van der Waals surface area (Å²) in [5.41, 5.74) is 0.784. The van der Waals surface area contributed by atoms with Gasteiger partial charge in [-0.05, 0) is 57.2 Å². The Labute approximate surface area is 171 Å². The van der Waals surface area contributed by atoms with E-state index in [4.69, 9.17) is 4.74 Å². The molecule has 3 rings (SSSR count). The van der Waals surface area contributed by atoms with E-state index < -0.39 is 5.60 Å². The lowest BCUT2D eigenvalue weighted by atomic mass is 9.77. The maximum absolute atomic E-state index is 13.0.